The van der Waals surface area contributed by atoms with Crippen molar-refractivity contribution < 1.29 is 23.5 Å². The second-order valence-electron chi connectivity index (χ2n) is 10.8. The highest BCUT2D eigenvalue weighted by Gasteiger charge is 2.35. The highest BCUT2D eigenvalue weighted by molar-refractivity contribution is 5.79. The number of carbonyl (C=O) groups excluding carboxylic acids is 2. The van der Waals surface area contributed by atoms with E-state index in [1.54, 1.807) is 19.9 Å². The zero-order valence-electron chi connectivity index (χ0n) is 23.2. The lowest BCUT2D eigenvalue weighted by Crippen LogP contribution is -2.43. The maximum atomic E-state index is 12.7. The largest absolute Gasteiger partial charge is 0.476 e. The molecule has 0 saturated carbocycles. The molecule has 0 aliphatic rings. The van der Waals surface area contributed by atoms with Gasteiger partial charge in [0, 0.05) is 18.7 Å². The van der Waals surface area contributed by atoms with E-state index >= 15 is 0 Å². The van der Waals surface area contributed by atoms with Crippen LogP contribution >= 0.6 is 0 Å². The zero-order chi connectivity index (χ0) is 27.9. The van der Waals surface area contributed by atoms with Gasteiger partial charge in [-0.05, 0) is 77.3 Å². The summed E-state index contributed by atoms with van der Waals surface area (Å²) >= 11 is 0. The van der Waals surface area contributed by atoms with Gasteiger partial charge in [-0.2, -0.15) is 0 Å². The van der Waals surface area contributed by atoms with E-state index in [1.165, 1.54) is 0 Å². The number of carbonyl (C=O) groups is 2. The number of aromatic nitrogens is 1. The number of aldehydes is 1. The summed E-state index contributed by atoms with van der Waals surface area (Å²) in [5.41, 5.74) is 1.80. The summed E-state index contributed by atoms with van der Waals surface area (Å²) in [4.78, 5) is 30.9. The summed E-state index contributed by atoms with van der Waals surface area (Å²) in [6, 6.07) is 15.5. The number of allylic oxidation sites excluding steroid dienone is 1. The van der Waals surface area contributed by atoms with Gasteiger partial charge in [0.1, 0.15) is 23.4 Å². The Kier molecular flexibility index (Phi) is 9.28. The van der Waals surface area contributed by atoms with Gasteiger partial charge in [-0.3, -0.25) is 4.90 Å². The average molecular weight is 519 g/mol. The molecule has 0 fully saturated rings. The van der Waals surface area contributed by atoms with Crippen molar-refractivity contribution in [3.05, 3.63) is 83.8 Å². The van der Waals surface area contributed by atoms with Gasteiger partial charge >= 0.3 is 5.97 Å². The fourth-order valence-electron chi connectivity index (χ4n) is 3.90. The zero-order valence-corrected chi connectivity index (χ0v) is 23.2. The highest BCUT2D eigenvalue weighted by Crippen LogP contribution is 2.28. The molecule has 3 aromatic rings. The number of hydrogen-bond acceptors (Lipinski definition) is 7. The van der Waals surface area contributed by atoms with Gasteiger partial charge in [-0.15, -0.1) is 6.58 Å². The third-order valence-corrected chi connectivity index (χ3v) is 5.77. The number of hydrogen-bond donors (Lipinski definition) is 0. The van der Waals surface area contributed by atoms with E-state index in [4.69, 9.17) is 13.9 Å². The molecule has 0 aliphatic heterocycles. The summed E-state index contributed by atoms with van der Waals surface area (Å²) in [6.07, 6.45) is 3.24. The van der Waals surface area contributed by atoms with Crippen LogP contribution in [0.3, 0.4) is 0 Å². The van der Waals surface area contributed by atoms with Crippen molar-refractivity contribution in [2.45, 2.75) is 72.3 Å². The van der Waals surface area contributed by atoms with Crippen molar-refractivity contribution in [1.82, 2.24) is 9.88 Å². The van der Waals surface area contributed by atoms with Crippen LogP contribution in [0.2, 0.25) is 0 Å². The maximum Gasteiger partial charge on any atom is 0.350 e. The molecule has 0 N–H and O–H groups in total. The molecule has 7 heteroatoms. The Morgan fingerprint density at radius 2 is 1.79 bits per heavy atom. The Labute approximate surface area is 225 Å². The van der Waals surface area contributed by atoms with Crippen LogP contribution in [0.15, 0.2) is 65.6 Å². The molecule has 0 unspecified atom stereocenters. The topological polar surface area (TPSA) is 81.9 Å². The minimum atomic E-state index is -1.17. The first-order valence-corrected chi connectivity index (χ1v) is 12.7. The Morgan fingerprint density at radius 1 is 1.08 bits per heavy atom. The van der Waals surface area contributed by atoms with Crippen molar-refractivity contribution in [1.29, 1.82) is 0 Å². The fourth-order valence-corrected chi connectivity index (χ4v) is 3.90. The molecule has 1 heterocycles. The third-order valence-electron chi connectivity index (χ3n) is 5.77. The minimum Gasteiger partial charge on any atom is -0.476 e. The summed E-state index contributed by atoms with van der Waals surface area (Å²) < 4.78 is 17.6. The highest BCUT2D eigenvalue weighted by atomic mass is 16.6. The van der Waals surface area contributed by atoms with Crippen molar-refractivity contribution in [2.24, 2.45) is 0 Å². The van der Waals surface area contributed by atoms with Crippen LogP contribution in [0.4, 0.5) is 0 Å². The first-order valence-electron chi connectivity index (χ1n) is 12.7. The molecule has 0 amide bonds. The number of rotatable bonds is 12. The number of aryl methyl sites for hydroxylation is 1. The van der Waals surface area contributed by atoms with E-state index in [2.05, 4.69) is 11.6 Å². The lowest BCUT2D eigenvalue weighted by molar-refractivity contribution is -0.171. The molecule has 2 aromatic carbocycles. The van der Waals surface area contributed by atoms with Crippen molar-refractivity contribution in [3.63, 3.8) is 0 Å². The van der Waals surface area contributed by atoms with Crippen molar-refractivity contribution in [2.75, 3.05) is 6.54 Å². The fraction of sp³-hybridized carbons (Fsp3) is 0.387. The van der Waals surface area contributed by atoms with Gasteiger partial charge in [-0.25, -0.2) is 9.78 Å². The lowest BCUT2D eigenvalue weighted by Gasteiger charge is -2.30. The van der Waals surface area contributed by atoms with E-state index in [1.807, 2.05) is 81.1 Å². The lowest BCUT2D eigenvalue weighted by atomic mass is 10.0. The van der Waals surface area contributed by atoms with Gasteiger partial charge in [-0.1, -0.05) is 36.4 Å². The summed E-state index contributed by atoms with van der Waals surface area (Å²) in [7, 11) is 0. The SMILES string of the molecule is C=CCc1cc(CN(CC=O)Cc2nc(-c3ccccc3)oc2C)ccc1OC(C)(C)C(=O)OC(C)(C)C. The van der Waals surface area contributed by atoms with E-state index in [9.17, 15) is 9.59 Å². The van der Waals surface area contributed by atoms with Crippen LogP contribution in [-0.4, -0.2) is 39.9 Å². The molecule has 3 rings (SSSR count). The van der Waals surface area contributed by atoms with Gasteiger partial charge < -0.3 is 18.7 Å². The molecule has 38 heavy (non-hydrogen) atoms. The van der Waals surface area contributed by atoms with Crippen LogP contribution in [0.1, 0.15) is 57.2 Å². The minimum absolute atomic E-state index is 0.244. The van der Waals surface area contributed by atoms with Crippen LogP contribution in [0.5, 0.6) is 5.75 Å². The van der Waals surface area contributed by atoms with Crippen LogP contribution in [0.25, 0.3) is 11.5 Å². The monoisotopic (exact) mass is 518 g/mol. The number of oxazole rings is 1. The van der Waals surface area contributed by atoms with E-state index in [0.717, 1.165) is 34.4 Å². The van der Waals surface area contributed by atoms with Crippen molar-refractivity contribution in [3.8, 4) is 17.2 Å². The van der Waals surface area contributed by atoms with Gasteiger partial charge in [0.05, 0.1) is 12.2 Å². The molecule has 0 atom stereocenters. The molecule has 0 radical (unpaired) electrons. The number of esters is 1. The first kappa shape index (κ1) is 28.9. The van der Waals surface area contributed by atoms with Gasteiger partial charge in [0.15, 0.2) is 5.60 Å². The normalized spacial score (nSPS) is 11.9. The molecule has 202 valence electrons. The van der Waals surface area contributed by atoms with Gasteiger partial charge in [0.25, 0.3) is 0 Å². The van der Waals surface area contributed by atoms with Crippen LogP contribution in [-0.2, 0) is 33.8 Å². The van der Waals surface area contributed by atoms with E-state index in [-0.39, 0.29) is 6.54 Å². The summed E-state index contributed by atoms with van der Waals surface area (Å²) in [5.74, 6) is 1.44. The smallest absolute Gasteiger partial charge is 0.350 e. The molecule has 0 spiro atoms. The average Bonchev–Trinajstić information content (AvgIpc) is 3.20. The van der Waals surface area contributed by atoms with E-state index < -0.39 is 17.2 Å². The Morgan fingerprint density at radius 3 is 2.42 bits per heavy atom. The summed E-state index contributed by atoms with van der Waals surface area (Å²) in [6.45, 7) is 15.8. The maximum absolute atomic E-state index is 12.7. The van der Waals surface area contributed by atoms with Crippen LogP contribution in [0, 0.1) is 6.92 Å². The molecule has 0 aliphatic carbocycles. The van der Waals surface area contributed by atoms with Crippen LogP contribution < -0.4 is 4.74 Å². The molecule has 7 nitrogen and oxygen atoms in total. The number of benzene rings is 2. The molecular formula is C31H38N2O5. The molecule has 0 bridgehead atoms. The Bertz CT molecular complexity index is 1260. The number of ether oxygens (including phenoxy) is 2. The van der Waals surface area contributed by atoms with Gasteiger partial charge in [0.2, 0.25) is 5.89 Å². The predicted molar refractivity (Wildman–Crippen MR) is 148 cm³/mol. The predicted octanol–water partition coefficient (Wildman–Crippen LogP) is 6.08. The number of nitrogens with zero attached hydrogens (tertiary/aromatic N) is 2. The first-order chi connectivity index (χ1) is 17.9. The Hall–Kier alpha value is -3.71. The molecule has 1 aromatic heterocycles. The molecular weight excluding hydrogens is 480 g/mol. The molecule has 0 saturated heterocycles. The van der Waals surface area contributed by atoms with Crippen molar-refractivity contribution >= 4 is 12.3 Å². The second kappa shape index (κ2) is 12.2. The summed E-state index contributed by atoms with van der Waals surface area (Å²) in [5, 5.41) is 0. The Balaban J connectivity index is 1.79. The van der Waals surface area contributed by atoms with E-state index in [0.29, 0.717) is 31.2 Å². The third kappa shape index (κ3) is 7.89. The standard InChI is InChI=1S/C31H38N2O5/c1-8-12-25-19-23(15-16-27(25)37-31(6,7)29(35)38-30(3,4)5)20-33(17-18-34)21-26-22(2)36-28(32-26)24-13-10-9-11-14-24/h8-11,13-16,18-19H,1,12,17,20-21H2,2-7H3. The quantitative estimate of drug-likeness (QED) is 0.163. The second-order valence-corrected chi connectivity index (χ2v) is 10.8.